The third-order valence-corrected chi connectivity index (χ3v) is 6.28. The maximum atomic E-state index is 12.4. The Morgan fingerprint density at radius 3 is 2.46 bits per heavy atom. The van der Waals surface area contributed by atoms with Gasteiger partial charge in [-0.2, -0.15) is 5.10 Å². The predicted octanol–water partition coefficient (Wildman–Crippen LogP) is 5.38. The number of ether oxygens (including phenoxy) is 2. The molecule has 0 aliphatic heterocycles. The summed E-state index contributed by atoms with van der Waals surface area (Å²) in [5.74, 6) is 0.274. The zero-order chi connectivity index (χ0) is 25.4. The fourth-order valence-electron chi connectivity index (χ4n) is 3.05. The van der Waals surface area contributed by atoms with Crippen LogP contribution in [-0.2, 0) is 11.4 Å². The minimum atomic E-state index is -0.787. The highest BCUT2D eigenvalue weighted by atomic mass is 79.9. The highest BCUT2D eigenvalue weighted by Gasteiger charge is 2.17. The molecular formula is C26H25Br2N3O4. The van der Waals surface area contributed by atoms with E-state index in [1.165, 1.54) is 11.8 Å². The van der Waals surface area contributed by atoms with Crippen molar-refractivity contribution in [2.75, 3.05) is 7.11 Å². The lowest BCUT2D eigenvalue weighted by Crippen LogP contribution is -2.43. The number of carbonyl (C=O) groups excluding carboxylic acids is 2. The molecule has 0 heterocycles. The largest absolute Gasteiger partial charge is 0.493 e. The summed E-state index contributed by atoms with van der Waals surface area (Å²) >= 11 is 6.85. The van der Waals surface area contributed by atoms with Gasteiger partial charge < -0.3 is 14.8 Å². The van der Waals surface area contributed by atoms with Crippen LogP contribution in [0.1, 0.15) is 34.0 Å². The summed E-state index contributed by atoms with van der Waals surface area (Å²) in [7, 11) is 1.55. The van der Waals surface area contributed by atoms with Gasteiger partial charge in [-0.15, -0.1) is 0 Å². The summed E-state index contributed by atoms with van der Waals surface area (Å²) in [5.41, 5.74) is 5.79. The summed E-state index contributed by atoms with van der Waals surface area (Å²) in [6.07, 6.45) is 1.48. The average molecular weight is 603 g/mol. The molecule has 35 heavy (non-hydrogen) atoms. The first-order chi connectivity index (χ1) is 16.8. The third-order valence-electron chi connectivity index (χ3n) is 5.00. The highest BCUT2D eigenvalue weighted by molar-refractivity contribution is 9.10. The number of nitrogens with zero attached hydrogens (tertiary/aromatic N) is 1. The van der Waals surface area contributed by atoms with Crippen molar-refractivity contribution in [1.82, 2.24) is 10.7 Å². The summed E-state index contributed by atoms with van der Waals surface area (Å²) in [6.45, 7) is 4.01. The molecule has 0 aliphatic carbocycles. The van der Waals surface area contributed by atoms with Crippen LogP contribution >= 0.6 is 31.9 Å². The Kier molecular flexibility index (Phi) is 9.45. The molecule has 0 spiro atoms. The highest BCUT2D eigenvalue weighted by Crippen LogP contribution is 2.36. The van der Waals surface area contributed by atoms with E-state index in [0.29, 0.717) is 38.2 Å². The third kappa shape index (κ3) is 7.40. The van der Waals surface area contributed by atoms with Gasteiger partial charge in [-0.3, -0.25) is 9.59 Å². The standard InChI is InChI=1S/C26H25Br2N3O4/c1-16-8-10-18(11-9-16)15-35-24-22(28)12-19(13-23(24)34-3)14-29-31-25(32)17(2)30-26(33)20-6-4-5-7-21(20)27/h4-14,17H,15H2,1-3H3,(H,30,33)(H,31,32). The number of aryl methyl sites for hydroxylation is 1. The molecule has 3 aromatic rings. The van der Waals surface area contributed by atoms with Crippen LogP contribution in [-0.4, -0.2) is 31.2 Å². The Labute approximate surface area is 221 Å². The van der Waals surface area contributed by atoms with E-state index in [1.54, 1.807) is 44.4 Å². The Morgan fingerprint density at radius 1 is 1.06 bits per heavy atom. The minimum Gasteiger partial charge on any atom is -0.493 e. The maximum Gasteiger partial charge on any atom is 0.262 e. The topological polar surface area (TPSA) is 89.0 Å². The van der Waals surface area contributed by atoms with Gasteiger partial charge in [-0.1, -0.05) is 42.0 Å². The van der Waals surface area contributed by atoms with Gasteiger partial charge in [0, 0.05) is 4.47 Å². The van der Waals surface area contributed by atoms with Gasteiger partial charge in [0.1, 0.15) is 12.6 Å². The number of rotatable bonds is 9. The van der Waals surface area contributed by atoms with Crippen molar-refractivity contribution < 1.29 is 19.1 Å². The monoisotopic (exact) mass is 601 g/mol. The molecule has 0 saturated carbocycles. The molecule has 1 atom stereocenters. The normalized spacial score (nSPS) is 11.7. The number of hydrogen-bond acceptors (Lipinski definition) is 5. The Balaban J connectivity index is 1.60. The van der Waals surface area contributed by atoms with Crippen LogP contribution in [0.2, 0.25) is 0 Å². The van der Waals surface area contributed by atoms with E-state index in [-0.39, 0.29) is 5.91 Å². The molecule has 0 saturated heterocycles. The fourth-order valence-corrected chi connectivity index (χ4v) is 4.09. The Hall–Kier alpha value is -3.17. The van der Waals surface area contributed by atoms with E-state index in [2.05, 4.69) is 47.7 Å². The lowest BCUT2D eigenvalue weighted by molar-refractivity contribution is -0.122. The first-order valence-electron chi connectivity index (χ1n) is 10.7. The van der Waals surface area contributed by atoms with Crippen LogP contribution in [0.3, 0.4) is 0 Å². The first kappa shape index (κ1) is 26.4. The van der Waals surface area contributed by atoms with Crippen LogP contribution in [0, 0.1) is 6.92 Å². The number of amides is 2. The van der Waals surface area contributed by atoms with Crippen LogP contribution in [0.5, 0.6) is 11.5 Å². The molecule has 0 aromatic heterocycles. The Morgan fingerprint density at radius 2 is 1.77 bits per heavy atom. The number of hydrogen-bond donors (Lipinski definition) is 2. The maximum absolute atomic E-state index is 12.4. The number of methoxy groups -OCH3 is 1. The molecule has 1 unspecified atom stereocenters. The van der Waals surface area contributed by atoms with Crippen LogP contribution in [0.4, 0.5) is 0 Å². The van der Waals surface area contributed by atoms with Crippen LogP contribution in [0.25, 0.3) is 0 Å². The summed E-state index contributed by atoms with van der Waals surface area (Å²) in [5, 5.41) is 6.66. The van der Waals surface area contributed by atoms with Gasteiger partial charge >= 0.3 is 0 Å². The van der Waals surface area contributed by atoms with E-state index in [1.807, 2.05) is 37.3 Å². The van der Waals surface area contributed by atoms with Crippen molar-refractivity contribution in [2.45, 2.75) is 26.5 Å². The van der Waals surface area contributed by atoms with E-state index >= 15 is 0 Å². The van der Waals surface area contributed by atoms with Gasteiger partial charge in [-0.05, 0) is 81.1 Å². The van der Waals surface area contributed by atoms with Gasteiger partial charge in [0.2, 0.25) is 0 Å². The Bertz CT molecular complexity index is 1230. The van der Waals surface area contributed by atoms with E-state index in [9.17, 15) is 9.59 Å². The number of nitrogens with one attached hydrogen (secondary N) is 2. The second-order valence-corrected chi connectivity index (χ2v) is 9.43. The molecular weight excluding hydrogens is 578 g/mol. The van der Waals surface area contributed by atoms with Gasteiger partial charge in [0.25, 0.3) is 11.8 Å². The van der Waals surface area contributed by atoms with Gasteiger partial charge in [0.05, 0.1) is 23.4 Å². The van der Waals surface area contributed by atoms with Crippen molar-refractivity contribution in [2.24, 2.45) is 5.10 Å². The van der Waals surface area contributed by atoms with Crippen molar-refractivity contribution in [3.05, 3.63) is 91.9 Å². The van der Waals surface area contributed by atoms with E-state index in [4.69, 9.17) is 9.47 Å². The predicted molar refractivity (Wildman–Crippen MR) is 143 cm³/mol. The minimum absolute atomic E-state index is 0.362. The number of carbonyl (C=O) groups is 2. The first-order valence-corrected chi connectivity index (χ1v) is 12.3. The van der Waals surface area contributed by atoms with Crippen molar-refractivity contribution in [3.8, 4) is 11.5 Å². The molecule has 0 bridgehead atoms. The van der Waals surface area contributed by atoms with Gasteiger partial charge in [-0.25, -0.2) is 5.43 Å². The molecule has 0 aliphatic rings. The quantitative estimate of drug-likeness (QED) is 0.254. The SMILES string of the molecule is COc1cc(C=NNC(=O)C(C)NC(=O)c2ccccc2Br)cc(Br)c1OCc1ccc(C)cc1. The molecule has 9 heteroatoms. The molecule has 182 valence electrons. The molecule has 2 amide bonds. The fraction of sp³-hybridized carbons (Fsp3) is 0.192. The summed E-state index contributed by atoms with van der Waals surface area (Å²) in [4.78, 5) is 24.7. The van der Waals surface area contributed by atoms with Crippen molar-refractivity contribution in [3.63, 3.8) is 0 Å². The molecule has 2 N–H and O–H groups in total. The molecule has 0 radical (unpaired) electrons. The summed E-state index contributed by atoms with van der Waals surface area (Å²) < 4.78 is 12.8. The summed E-state index contributed by atoms with van der Waals surface area (Å²) in [6, 6.07) is 17.9. The van der Waals surface area contributed by atoms with Crippen LogP contribution < -0.4 is 20.2 Å². The number of benzene rings is 3. The smallest absolute Gasteiger partial charge is 0.262 e. The lowest BCUT2D eigenvalue weighted by Gasteiger charge is -2.14. The molecule has 3 rings (SSSR count). The van der Waals surface area contributed by atoms with Gasteiger partial charge in [0.15, 0.2) is 11.5 Å². The zero-order valence-corrected chi connectivity index (χ0v) is 22.6. The molecule has 3 aromatic carbocycles. The van der Waals surface area contributed by atoms with Crippen molar-refractivity contribution >= 4 is 49.9 Å². The number of halogens is 2. The average Bonchev–Trinajstić information content (AvgIpc) is 2.84. The second-order valence-electron chi connectivity index (χ2n) is 7.72. The van der Waals surface area contributed by atoms with E-state index in [0.717, 1.165) is 5.56 Å². The van der Waals surface area contributed by atoms with E-state index < -0.39 is 11.9 Å². The molecule has 0 fully saturated rings. The molecule has 7 nitrogen and oxygen atoms in total. The zero-order valence-electron chi connectivity index (χ0n) is 19.5. The van der Waals surface area contributed by atoms with Crippen molar-refractivity contribution in [1.29, 1.82) is 0 Å². The van der Waals surface area contributed by atoms with Crippen LogP contribution in [0.15, 0.2) is 74.7 Å². The second kappa shape index (κ2) is 12.5. The number of hydrazone groups is 1. The lowest BCUT2D eigenvalue weighted by atomic mass is 10.2.